The number of carbonyl (C=O) groups is 1. The van der Waals surface area contributed by atoms with Gasteiger partial charge in [0.25, 0.3) is 16.6 Å². The fourth-order valence-electron chi connectivity index (χ4n) is 8.45. The third kappa shape index (κ3) is 6.27. The van der Waals surface area contributed by atoms with Crippen LogP contribution in [-0.4, -0.2) is 22.6 Å². The number of hydrogen-bond acceptors (Lipinski definition) is 4. The Kier molecular flexibility index (Phi) is 10.8. The average molecular weight is 657 g/mol. The van der Waals surface area contributed by atoms with Crippen LogP contribution < -0.4 is 13.6 Å². The highest BCUT2D eigenvalue weighted by Gasteiger charge is 2.49. The first-order valence-corrected chi connectivity index (χ1v) is 21.5. The summed E-state index contributed by atoms with van der Waals surface area (Å²) < 4.78 is 21.2. The van der Waals surface area contributed by atoms with Crippen molar-refractivity contribution in [2.45, 2.75) is 123 Å². The Morgan fingerprint density at radius 2 is 1.04 bits per heavy atom. The van der Waals surface area contributed by atoms with Gasteiger partial charge < -0.3 is 13.6 Å². The van der Waals surface area contributed by atoms with E-state index in [9.17, 15) is 4.79 Å². The molecule has 0 saturated carbocycles. The molecule has 0 aromatic heterocycles. The molecule has 0 aliphatic carbocycles. The number of fused-ring (bicyclic) bond motifs is 2. The van der Waals surface area contributed by atoms with Crippen LogP contribution in [0.25, 0.3) is 21.5 Å². The Bertz CT molecular complexity index is 1640. The SMILES string of the molecule is Cc1cccc2c(O[Si](C(C)C)(C(C)C)C(C)C)c(C(=O)Oc3cccc4ccccc34)cc(O[Si](C(C)C)(C(C)C)C(C)C)c12. The largest absolute Gasteiger partial charge is 0.542 e. The van der Waals surface area contributed by atoms with Crippen molar-refractivity contribution >= 4 is 44.1 Å². The van der Waals surface area contributed by atoms with Crippen molar-refractivity contribution in [1.82, 2.24) is 0 Å². The van der Waals surface area contributed by atoms with E-state index in [1.54, 1.807) is 0 Å². The van der Waals surface area contributed by atoms with Crippen molar-refractivity contribution in [3.8, 4) is 17.2 Å². The summed E-state index contributed by atoms with van der Waals surface area (Å²) in [6.45, 7) is 29.6. The molecule has 0 amide bonds. The number of esters is 1. The Morgan fingerprint density at radius 3 is 1.61 bits per heavy atom. The van der Waals surface area contributed by atoms with E-state index >= 15 is 0 Å². The predicted molar refractivity (Wildman–Crippen MR) is 201 cm³/mol. The van der Waals surface area contributed by atoms with Gasteiger partial charge in [-0.15, -0.1) is 0 Å². The molecule has 0 bridgehead atoms. The molecule has 0 saturated heterocycles. The van der Waals surface area contributed by atoms with Crippen LogP contribution >= 0.6 is 0 Å². The molecule has 248 valence electrons. The molecule has 4 aromatic carbocycles. The number of rotatable bonds is 12. The molecule has 0 unspecified atom stereocenters. The molecule has 0 aliphatic rings. The lowest BCUT2D eigenvalue weighted by atomic mass is 10.0. The molecule has 0 radical (unpaired) electrons. The zero-order valence-corrected chi connectivity index (χ0v) is 32.4. The van der Waals surface area contributed by atoms with Gasteiger partial charge in [0.1, 0.15) is 22.8 Å². The highest BCUT2D eigenvalue weighted by molar-refractivity contribution is 6.79. The summed E-state index contributed by atoms with van der Waals surface area (Å²) in [7, 11) is -4.85. The molecule has 0 aliphatic heterocycles. The fraction of sp³-hybridized carbons (Fsp3) is 0.475. The van der Waals surface area contributed by atoms with Gasteiger partial charge in [-0.3, -0.25) is 0 Å². The Labute approximate surface area is 280 Å². The zero-order chi connectivity index (χ0) is 34.1. The predicted octanol–water partition coefficient (Wildman–Crippen LogP) is 12.6. The van der Waals surface area contributed by atoms with E-state index in [2.05, 4.69) is 108 Å². The van der Waals surface area contributed by atoms with E-state index in [4.69, 9.17) is 13.6 Å². The fourth-order valence-corrected chi connectivity index (χ4v) is 19.0. The van der Waals surface area contributed by atoms with Crippen LogP contribution in [0, 0.1) is 6.92 Å². The molecule has 6 heteroatoms. The molecular weight excluding hydrogens is 601 g/mol. The van der Waals surface area contributed by atoms with E-state index in [1.165, 1.54) is 0 Å². The highest BCUT2D eigenvalue weighted by atomic mass is 28.4. The molecule has 46 heavy (non-hydrogen) atoms. The molecule has 0 spiro atoms. The molecule has 0 atom stereocenters. The van der Waals surface area contributed by atoms with E-state index in [-0.39, 0.29) is 0 Å². The topological polar surface area (TPSA) is 44.8 Å². The normalized spacial score (nSPS) is 12.8. The van der Waals surface area contributed by atoms with Gasteiger partial charge in [-0.1, -0.05) is 138 Å². The lowest BCUT2D eigenvalue weighted by molar-refractivity contribution is 0.0734. The third-order valence-corrected chi connectivity index (χ3v) is 22.4. The van der Waals surface area contributed by atoms with Crippen LogP contribution in [0.5, 0.6) is 17.2 Å². The van der Waals surface area contributed by atoms with Gasteiger partial charge in [0.15, 0.2) is 0 Å². The standard InChI is InChI=1S/C40H56O4Si2/c1-25(2)45(26(3)4,27(5)6)43-37-24-35(40(41)42-36-23-17-20-32-19-14-15-21-33(32)36)39(34-22-16-18-31(13)38(34)37)44-46(28(7)8,29(9)10)30(11)12/h14-30H,1-13H3. The van der Waals surface area contributed by atoms with Crippen LogP contribution in [0.1, 0.15) is 99.0 Å². The lowest BCUT2D eigenvalue weighted by Gasteiger charge is -2.44. The summed E-state index contributed by atoms with van der Waals surface area (Å²) in [5, 5.41) is 3.86. The summed E-state index contributed by atoms with van der Waals surface area (Å²) in [4.78, 5) is 14.6. The first kappa shape index (κ1) is 35.8. The Hall–Kier alpha value is -3.10. The summed E-state index contributed by atoms with van der Waals surface area (Å²) in [5.74, 6) is 1.50. The first-order valence-electron chi connectivity index (χ1n) is 17.2. The van der Waals surface area contributed by atoms with Gasteiger partial charge in [-0.05, 0) is 63.3 Å². The van der Waals surface area contributed by atoms with Gasteiger partial charge in [0, 0.05) is 16.2 Å². The molecule has 4 aromatic rings. The minimum absolute atomic E-state index is 0.327. The van der Waals surface area contributed by atoms with E-state index in [0.717, 1.165) is 32.9 Å². The number of ether oxygens (including phenoxy) is 1. The number of aryl methyl sites for hydroxylation is 1. The monoisotopic (exact) mass is 656 g/mol. The van der Waals surface area contributed by atoms with Crippen LogP contribution in [0.3, 0.4) is 0 Å². The third-order valence-electron chi connectivity index (χ3n) is 10.4. The molecule has 0 heterocycles. The maximum absolute atomic E-state index is 14.6. The Morgan fingerprint density at radius 1 is 0.565 bits per heavy atom. The van der Waals surface area contributed by atoms with Crippen LogP contribution in [0.15, 0.2) is 66.7 Å². The van der Waals surface area contributed by atoms with Crippen LogP contribution in [-0.2, 0) is 0 Å². The lowest BCUT2D eigenvalue weighted by Crippen LogP contribution is -2.51. The van der Waals surface area contributed by atoms with E-state index in [0.29, 0.717) is 50.3 Å². The number of carbonyl (C=O) groups excluding carboxylic acids is 1. The second-order valence-corrected chi connectivity index (χ2v) is 25.7. The summed E-state index contributed by atoms with van der Waals surface area (Å²) in [6.07, 6.45) is 0. The number of benzene rings is 4. The van der Waals surface area contributed by atoms with Gasteiger partial charge >= 0.3 is 5.97 Å². The van der Waals surface area contributed by atoms with E-state index in [1.807, 2.05) is 48.5 Å². The Balaban J connectivity index is 2.07. The summed E-state index contributed by atoms with van der Waals surface area (Å²) in [5.41, 5.74) is 3.63. The molecular formula is C40H56O4Si2. The van der Waals surface area contributed by atoms with Crippen molar-refractivity contribution in [3.63, 3.8) is 0 Å². The summed E-state index contributed by atoms with van der Waals surface area (Å²) >= 11 is 0. The first-order chi connectivity index (χ1) is 21.6. The molecule has 4 rings (SSSR count). The van der Waals surface area contributed by atoms with Gasteiger partial charge in [-0.2, -0.15) is 0 Å². The zero-order valence-electron chi connectivity index (χ0n) is 30.4. The number of hydrogen-bond donors (Lipinski definition) is 0. The molecule has 4 nitrogen and oxygen atoms in total. The van der Waals surface area contributed by atoms with Crippen molar-refractivity contribution in [3.05, 3.63) is 77.9 Å². The van der Waals surface area contributed by atoms with Crippen molar-refractivity contribution in [2.75, 3.05) is 0 Å². The minimum atomic E-state index is -2.47. The van der Waals surface area contributed by atoms with Crippen LogP contribution in [0.4, 0.5) is 0 Å². The maximum Gasteiger partial charge on any atom is 0.347 e. The minimum Gasteiger partial charge on any atom is -0.542 e. The van der Waals surface area contributed by atoms with Crippen molar-refractivity contribution in [1.29, 1.82) is 0 Å². The highest BCUT2D eigenvalue weighted by Crippen LogP contribution is 2.50. The smallest absolute Gasteiger partial charge is 0.347 e. The van der Waals surface area contributed by atoms with Crippen molar-refractivity contribution in [2.24, 2.45) is 0 Å². The quantitative estimate of drug-likeness (QED) is 0.0864. The van der Waals surface area contributed by atoms with Crippen molar-refractivity contribution < 1.29 is 18.4 Å². The van der Waals surface area contributed by atoms with Gasteiger partial charge in [-0.25, -0.2) is 4.79 Å². The second kappa shape index (κ2) is 13.9. The van der Waals surface area contributed by atoms with Crippen LogP contribution in [0.2, 0.25) is 33.2 Å². The molecule has 0 fully saturated rings. The summed E-state index contributed by atoms with van der Waals surface area (Å²) in [6, 6.07) is 22.1. The van der Waals surface area contributed by atoms with Gasteiger partial charge in [0.2, 0.25) is 0 Å². The second-order valence-electron chi connectivity index (χ2n) is 15.0. The maximum atomic E-state index is 14.6. The van der Waals surface area contributed by atoms with E-state index < -0.39 is 22.6 Å². The average Bonchev–Trinajstić information content (AvgIpc) is 2.98. The molecule has 0 N–H and O–H groups in total. The van der Waals surface area contributed by atoms with Gasteiger partial charge in [0.05, 0.1) is 0 Å².